The summed E-state index contributed by atoms with van der Waals surface area (Å²) in [6.07, 6.45) is 0.891. The van der Waals surface area contributed by atoms with E-state index >= 15 is 0 Å². The highest BCUT2D eigenvalue weighted by Crippen LogP contribution is 2.31. The van der Waals surface area contributed by atoms with Gasteiger partial charge < -0.3 is 4.90 Å². The Balaban J connectivity index is 2.20. The molecule has 0 N–H and O–H groups in total. The van der Waals surface area contributed by atoms with E-state index in [1.165, 1.54) is 11.3 Å². The number of Topliss-reactive ketones (excluding diaryl/α,β-unsaturated/α-hetero) is 1. The summed E-state index contributed by atoms with van der Waals surface area (Å²) in [4.78, 5) is 19.4. The lowest BCUT2D eigenvalue weighted by molar-refractivity contribution is 0.0942. The van der Waals surface area contributed by atoms with Crippen LogP contribution < -0.4 is 4.90 Å². The summed E-state index contributed by atoms with van der Waals surface area (Å²) < 4.78 is 0. The Bertz CT molecular complexity index is 501. The average molecular weight is 263 g/mol. The second kappa shape index (κ2) is 5.07. The van der Waals surface area contributed by atoms with Gasteiger partial charge in [0.1, 0.15) is 0 Å². The van der Waals surface area contributed by atoms with Crippen LogP contribution in [-0.2, 0) is 0 Å². The van der Waals surface area contributed by atoms with Crippen LogP contribution in [0, 0.1) is 30.1 Å². The van der Waals surface area contributed by atoms with E-state index < -0.39 is 0 Å². The van der Waals surface area contributed by atoms with Gasteiger partial charge in [-0.2, -0.15) is 5.26 Å². The third-order valence-electron chi connectivity index (χ3n) is 3.17. The molecule has 96 valence electrons. The van der Waals surface area contributed by atoms with Crippen LogP contribution in [0.25, 0.3) is 0 Å². The van der Waals surface area contributed by atoms with Crippen LogP contribution in [0.2, 0.25) is 0 Å². The minimum atomic E-state index is 0.00225. The normalized spacial score (nSPS) is 19.3. The lowest BCUT2D eigenvalue weighted by Gasteiger charge is -2.12. The van der Waals surface area contributed by atoms with Gasteiger partial charge in [0.2, 0.25) is 0 Å². The fourth-order valence-electron chi connectivity index (χ4n) is 2.05. The Kier molecular flexibility index (Phi) is 3.67. The molecule has 1 aliphatic rings. The SMILES string of the molecule is Cc1nc(N2CC[C@@H](C#N)C2)sc1C(=O)C(C)C. The largest absolute Gasteiger partial charge is 0.347 e. The van der Waals surface area contributed by atoms with Crippen molar-refractivity contribution in [2.45, 2.75) is 27.2 Å². The van der Waals surface area contributed by atoms with Crippen molar-refractivity contribution in [3.05, 3.63) is 10.6 Å². The summed E-state index contributed by atoms with van der Waals surface area (Å²) in [6.45, 7) is 7.29. The van der Waals surface area contributed by atoms with E-state index in [2.05, 4.69) is 16.0 Å². The van der Waals surface area contributed by atoms with Gasteiger partial charge in [-0.15, -0.1) is 0 Å². The van der Waals surface area contributed by atoms with Crippen LogP contribution in [0.5, 0.6) is 0 Å². The number of ketones is 1. The van der Waals surface area contributed by atoms with Crippen molar-refractivity contribution in [2.75, 3.05) is 18.0 Å². The van der Waals surface area contributed by atoms with Crippen LogP contribution in [0.3, 0.4) is 0 Å². The van der Waals surface area contributed by atoms with Crippen molar-refractivity contribution in [1.82, 2.24) is 4.98 Å². The highest BCUT2D eigenvalue weighted by molar-refractivity contribution is 7.17. The molecule has 1 aromatic heterocycles. The zero-order chi connectivity index (χ0) is 13.3. The molecule has 0 amide bonds. The maximum atomic E-state index is 12.0. The summed E-state index contributed by atoms with van der Waals surface area (Å²) >= 11 is 1.46. The number of carbonyl (C=O) groups is 1. The Morgan fingerprint density at radius 1 is 1.61 bits per heavy atom. The van der Waals surface area contributed by atoms with Gasteiger partial charge in [0.25, 0.3) is 0 Å². The molecular formula is C13H17N3OS. The highest BCUT2D eigenvalue weighted by atomic mass is 32.1. The molecule has 1 aromatic rings. The molecule has 1 atom stereocenters. The summed E-state index contributed by atoms with van der Waals surface area (Å²) in [7, 11) is 0. The van der Waals surface area contributed by atoms with E-state index in [0.717, 1.165) is 35.2 Å². The van der Waals surface area contributed by atoms with Crippen LogP contribution >= 0.6 is 11.3 Å². The second-order valence-corrected chi connectivity index (χ2v) is 5.97. The maximum Gasteiger partial charge on any atom is 0.186 e. The number of thiazole rings is 1. The fourth-order valence-corrected chi connectivity index (χ4v) is 3.24. The highest BCUT2D eigenvalue weighted by Gasteiger charge is 2.26. The minimum Gasteiger partial charge on any atom is -0.347 e. The third kappa shape index (κ3) is 2.39. The number of aryl methyl sites for hydroxylation is 1. The Labute approximate surface area is 111 Å². The molecule has 0 aromatic carbocycles. The molecule has 4 nitrogen and oxygen atoms in total. The van der Waals surface area contributed by atoms with Gasteiger partial charge in [-0.3, -0.25) is 4.79 Å². The van der Waals surface area contributed by atoms with Crippen LogP contribution in [0.15, 0.2) is 0 Å². The number of anilines is 1. The average Bonchev–Trinajstić information content (AvgIpc) is 2.93. The van der Waals surface area contributed by atoms with Crippen LogP contribution in [0.4, 0.5) is 5.13 Å². The Morgan fingerprint density at radius 2 is 2.33 bits per heavy atom. The number of rotatable bonds is 3. The van der Waals surface area contributed by atoms with Crippen molar-refractivity contribution in [2.24, 2.45) is 11.8 Å². The van der Waals surface area contributed by atoms with E-state index in [4.69, 9.17) is 5.26 Å². The van der Waals surface area contributed by atoms with Gasteiger partial charge in [-0.1, -0.05) is 25.2 Å². The monoisotopic (exact) mass is 263 g/mol. The standard InChI is InChI=1S/C13H17N3OS/c1-8(2)11(17)12-9(3)15-13(18-12)16-5-4-10(6-14)7-16/h8,10H,4-5,7H2,1-3H3/t10-/m0/s1. The molecule has 0 unspecified atom stereocenters. The quantitative estimate of drug-likeness (QED) is 0.787. The molecule has 1 fully saturated rings. The number of carbonyl (C=O) groups excluding carboxylic acids is 1. The molecule has 2 heterocycles. The van der Waals surface area contributed by atoms with E-state index in [-0.39, 0.29) is 17.6 Å². The van der Waals surface area contributed by atoms with E-state index in [1.54, 1.807) is 0 Å². The summed E-state index contributed by atoms with van der Waals surface area (Å²) in [5.41, 5.74) is 0.814. The number of aromatic nitrogens is 1. The number of hydrogen-bond acceptors (Lipinski definition) is 5. The predicted octanol–water partition coefficient (Wildman–Crippen LogP) is 2.64. The number of nitrogens with zero attached hydrogens (tertiary/aromatic N) is 3. The fraction of sp³-hybridized carbons (Fsp3) is 0.615. The van der Waals surface area contributed by atoms with Crippen molar-refractivity contribution in [3.8, 4) is 6.07 Å². The molecule has 0 saturated carbocycles. The third-order valence-corrected chi connectivity index (χ3v) is 4.41. The number of hydrogen-bond donors (Lipinski definition) is 0. The molecule has 18 heavy (non-hydrogen) atoms. The van der Waals surface area contributed by atoms with Crippen LogP contribution in [-0.4, -0.2) is 23.9 Å². The first kappa shape index (κ1) is 13.0. The van der Waals surface area contributed by atoms with Gasteiger partial charge in [0.15, 0.2) is 10.9 Å². The first-order chi connectivity index (χ1) is 8.52. The maximum absolute atomic E-state index is 12.0. The molecule has 5 heteroatoms. The van der Waals surface area contributed by atoms with Gasteiger partial charge in [-0.25, -0.2) is 4.98 Å². The van der Waals surface area contributed by atoms with Crippen molar-refractivity contribution in [3.63, 3.8) is 0 Å². The first-order valence-corrected chi connectivity index (χ1v) is 7.00. The molecule has 1 aliphatic heterocycles. The predicted molar refractivity (Wildman–Crippen MR) is 72.0 cm³/mol. The number of nitriles is 1. The molecule has 0 radical (unpaired) electrons. The molecule has 0 spiro atoms. The molecule has 0 aliphatic carbocycles. The van der Waals surface area contributed by atoms with Crippen molar-refractivity contribution in [1.29, 1.82) is 5.26 Å². The second-order valence-electron chi connectivity index (χ2n) is 4.99. The smallest absolute Gasteiger partial charge is 0.186 e. The molecular weight excluding hydrogens is 246 g/mol. The molecule has 1 saturated heterocycles. The first-order valence-electron chi connectivity index (χ1n) is 6.19. The summed E-state index contributed by atoms with van der Waals surface area (Å²) in [6, 6.07) is 2.29. The van der Waals surface area contributed by atoms with E-state index in [0.29, 0.717) is 0 Å². The molecule has 2 rings (SSSR count). The summed E-state index contributed by atoms with van der Waals surface area (Å²) in [5.74, 6) is 0.258. The van der Waals surface area contributed by atoms with Gasteiger partial charge in [0.05, 0.1) is 22.6 Å². The van der Waals surface area contributed by atoms with Crippen LogP contribution in [0.1, 0.15) is 35.6 Å². The summed E-state index contributed by atoms with van der Waals surface area (Å²) in [5, 5.41) is 9.79. The molecule has 0 bridgehead atoms. The minimum absolute atomic E-state index is 0.00225. The van der Waals surface area contributed by atoms with Crippen molar-refractivity contribution < 1.29 is 4.79 Å². The van der Waals surface area contributed by atoms with E-state index in [1.807, 2.05) is 20.8 Å². The Morgan fingerprint density at radius 3 is 2.89 bits per heavy atom. The van der Waals surface area contributed by atoms with Gasteiger partial charge in [0, 0.05) is 19.0 Å². The topological polar surface area (TPSA) is 57.0 Å². The van der Waals surface area contributed by atoms with Gasteiger partial charge >= 0.3 is 0 Å². The van der Waals surface area contributed by atoms with Crippen molar-refractivity contribution >= 4 is 22.3 Å². The zero-order valence-electron chi connectivity index (χ0n) is 10.9. The van der Waals surface area contributed by atoms with Gasteiger partial charge in [-0.05, 0) is 13.3 Å². The lowest BCUT2D eigenvalue weighted by atomic mass is 10.1. The lowest BCUT2D eigenvalue weighted by Crippen LogP contribution is -2.18. The Hall–Kier alpha value is -1.41. The van der Waals surface area contributed by atoms with E-state index in [9.17, 15) is 4.79 Å². The zero-order valence-corrected chi connectivity index (χ0v) is 11.8.